The number of amides is 1. The third-order valence-corrected chi connectivity index (χ3v) is 8.79. The van der Waals surface area contributed by atoms with Gasteiger partial charge in [-0.15, -0.1) is 0 Å². The van der Waals surface area contributed by atoms with E-state index in [9.17, 15) is 23.1 Å². The molecule has 2 aromatic heterocycles. The molecule has 1 amide bonds. The molecule has 4 rings (SSSR count). The summed E-state index contributed by atoms with van der Waals surface area (Å²) in [5.74, 6) is -2.03. The Bertz CT molecular complexity index is 1600. The van der Waals surface area contributed by atoms with E-state index in [2.05, 4.69) is 51.3 Å². The Balaban J connectivity index is 1.62. The number of hydrogen-bond donors (Lipinski definition) is 3. The van der Waals surface area contributed by atoms with Gasteiger partial charge >= 0.3 is 5.97 Å². The van der Waals surface area contributed by atoms with Crippen LogP contribution in [-0.2, 0) is 21.2 Å². The van der Waals surface area contributed by atoms with E-state index >= 15 is 0 Å². The molecule has 3 N–H and O–H groups in total. The van der Waals surface area contributed by atoms with Gasteiger partial charge in [-0.1, -0.05) is 33.6 Å². The normalized spacial score (nSPS) is 12.3. The molecule has 0 fully saturated rings. The molecule has 186 valence electrons. The van der Waals surface area contributed by atoms with Crippen molar-refractivity contribution >= 4 is 92.7 Å². The zero-order chi connectivity index (χ0) is 26.0. The smallest absolute Gasteiger partial charge is 0.326 e. The largest absolute Gasteiger partial charge is 0.480 e. The lowest BCUT2D eigenvalue weighted by Crippen LogP contribution is -2.42. The maximum Gasteiger partial charge on any atom is 0.326 e. The van der Waals surface area contributed by atoms with Crippen LogP contribution in [-0.4, -0.2) is 40.8 Å². The van der Waals surface area contributed by atoms with Crippen molar-refractivity contribution in [2.75, 3.05) is 4.72 Å². The number of sulfonamides is 1. The molecule has 0 saturated heterocycles. The second kappa shape index (κ2) is 10.8. The number of carboxylic acids is 1. The molecule has 0 saturated carbocycles. The molecule has 0 radical (unpaired) electrons. The summed E-state index contributed by atoms with van der Waals surface area (Å²) in [5, 5.41) is 12.7. The molecule has 2 aromatic carbocycles. The van der Waals surface area contributed by atoms with E-state index in [1.54, 1.807) is 30.3 Å². The molecule has 0 aliphatic heterocycles. The Kier molecular flexibility index (Phi) is 7.95. The summed E-state index contributed by atoms with van der Waals surface area (Å²) >= 11 is 13.7. The maximum absolute atomic E-state index is 13.2. The molecule has 9 nitrogen and oxygen atoms in total. The van der Waals surface area contributed by atoms with Gasteiger partial charge in [0.25, 0.3) is 15.9 Å². The molecule has 14 heteroatoms. The summed E-state index contributed by atoms with van der Waals surface area (Å²) in [6.07, 6.45) is 2.74. The van der Waals surface area contributed by atoms with Crippen LogP contribution in [0.5, 0.6) is 0 Å². The van der Waals surface area contributed by atoms with Crippen molar-refractivity contribution in [1.29, 1.82) is 0 Å². The molecular formula is C22H15Br2ClN4O5S2. The number of carbonyl (C=O) groups is 2. The molecule has 1 atom stereocenters. The van der Waals surface area contributed by atoms with E-state index in [0.717, 1.165) is 11.5 Å². The van der Waals surface area contributed by atoms with E-state index in [1.807, 2.05) is 0 Å². The lowest BCUT2D eigenvalue weighted by atomic mass is 10.1. The number of carbonyl (C=O) groups excluding carboxylic acids is 1. The van der Waals surface area contributed by atoms with Crippen LogP contribution in [0.3, 0.4) is 0 Å². The van der Waals surface area contributed by atoms with Crippen LogP contribution in [0.1, 0.15) is 15.9 Å². The second-order valence-electron chi connectivity index (χ2n) is 7.47. The van der Waals surface area contributed by atoms with Gasteiger partial charge < -0.3 is 10.4 Å². The number of rotatable bonds is 8. The number of halogens is 3. The van der Waals surface area contributed by atoms with Gasteiger partial charge in [-0.25, -0.2) is 9.78 Å². The predicted octanol–water partition coefficient (Wildman–Crippen LogP) is 5.10. The molecule has 0 unspecified atom stereocenters. The van der Waals surface area contributed by atoms with Gasteiger partial charge in [-0.3, -0.25) is 9.52 Å². The van der Waals surface area contributed by atoms with Gasteiger partial charge in [0.1, 0.15) is 6.04 Å². The first kappa shape index (κ1) is 26.5. The SMILES string of the molecule is O=C(N[C@@H](Cc1ccc(Cl)c(Br)c1)C(=O)O)c1ccc(Br)cc1NS(=O)(=O)c1nccc2sncc12. The molecule has 0 aliphatic rings. The number of anilines is 1. The van der Waals surface area contributed by atoms with Crippen molar-refractivity contribution in [1.82, 2.24) is 14.7 Å². The van der Waals surface area contributed by atoms with Crippen LogP contribution < -0.4 is 10.0 Å². The quantitative estimate of drug-likeness (QED) is 0.237. The highest BCUT2D eigenvalue weighted by atomic mass is 79.9. The van der Waals surface area contributed by atoms with Crippen molar-refractivity contribution < 1.29 is 23.1 Å². The number of benzene rings is 2. The van der Waals surface area contributed by atoms with Crippen LogP contribution in [0.4, 0.5) is 5.69 Å². The number of nitrogens with one attached hydrogen (secondary N) is 2. The summed E-state index contributed by atoms with van der Waals surface area (Å²) in [4.78, 5) is 29.0. The van der Waals surface area contributed by atoms with Gasteiger partial charge in [-0.2, -0.15) is 12.8 Å². The molecule has 0 bridgehead atoms. The molecule has 2 heterocycles. The third kappa shape index (κ3) is 5.86. The predicted molar refractivity (Wildman–Crippen MR) is 144 cm³/mol. The average molecular weight is 675 g/mol. The highest BCUT2D eigenvalue weighted by Crippen LogP contribution is 2.28. The number of pyridine rings is 1. The van der Waals surface area contributed by atoms with E-state index < -0.39 is 27.9 Å². The first-order chi connectivity index (χ1) is 17.0. The first-order valence-electron chi connectivity index (χ1n) is 10.0. The number of nitrogens with zero attached hydrogens (tertiary/aromatic N) is 2. The maximum atomic E-state index is 13.2. The van der Waals surface area contributed by atoms with Gasteiger partial charge in [-0.05, 0) is 69.4 Å². The summed E-state index contributed by atoms with van der Waals surface area (Å²) in [6, 6.07) is 9.62. The first-order valence-corrected chi connectivity index (χ1v) is 14.3. The Labute approximate surface area is 231 Å². The van der Waals surface area contributed by atoms with E-state index in [0.29, 0.717) is 29.6 Å². The Hall–Kier alpha value is -2.58. The van der Waals surface area contributed by atoms with E-state index in [1.165, 1.54) is 24.5 Å². The van der Waals surface area contributed by atoms with Crippen molar-refractivity contribution in [3.8, 4) is 0 Å². The van der Waals surface area contributed by atoms with Crippen LogP contribution in [0.15, 0.2) is 68.8 Å². The molecule has 4 aromatic rings. The zero-order valence-corrected chi connectivity index (χ0v) is 23.5. The van der Waals surface area contributed by atoms with Crippen molar-refractivity contribution in [2.24, 2.45) is 0 Å². The number of hydrogen-bond acceptors (Lipinski definition) is 7. The standard InChI is InChI=1S/C22H15Br2ClN4O5S2/c23-12-2-3-13(20(30)28-18(22(31)32)8-11-1-4-16(25)15(24)7-11)17(9-12)29-36(33,34)21-14-10-27-35-19(14)5-6-26-21/h1-7,9-10,18,29H,8H2,(H,28,30)(H,31,32)/t18-/m0/s1. The summed E-state index contributed by atoms with van der Waals surface area (Å²) in [7, 11) is -4.21. The van der Waals surface area contributed by atoms with Crippen LogP contribution in [0.2, 0.25) is 5.02 Å². The topological polar surface area (TPSA) is 138 Å². The van der Waals surface area contributed by atoms with Crippen LogP contribution >= 0.6 is 55.0 Å². The van der Waals surface area contributed by atoms with Gasteiger partial charge in [0.05, 0.1) is 32.6 Å². The Morgan fingerprint density at radius 2 is 1.92 bits per heavy atom. The number of aromatic nitrogens is 2. The van der Waals surface area contributed by atoms with Crippen LogP contribution in [0.25, 0.3) is 10.1 Å². The summed E-state index contributed by atoms with van der Waals surface area (Å²) < 4.78 is 34.5. The fourth-order valence-electron chi connectivity index (χ4n) is 3.32. The fourth-order valence-corrected chi connectivity index (χ4v) is 6.13. The number of carboxylic acid groups (broad SMARTS) is 1. The van der Waals surface area contributed by atoms with Crippen molar-refractivity contribution in [3.05, 3.63) is 80.0 Å². The van der Waals surface area contributed by atoms with Crippen molar-refractivity contribution in [3.63, 3.8) is 0 Å². The highest BCUT2D eigenvalue weighted by Gasteiger charge is 2.26. The highest BCUT2D eigenvalue weighted by molar-refractivity contribution is 9.10. The minimum absolute atomic E-state index is 0.0223. The van der Waals surface area contributed by atoms with E-state index in [4.69, 9.17) is 11.6 Å². The summed E-state index contributed by atoms with van der Waals surface area (Å²) in [6.45, 7) is 0. The lowest BCUT2D eigenvalue weighted by Gasteiger charge is -2.17. The Morgan fingerprint density at radius 1 is 1.14 bits per heavy atom. The van der Waals surface area contributed by atoms with Crippen molar-refractivity contribution in [2.45, 2.75) is 17.5 Å². The Morgan fingerprint density at radius 3 is 2.64 bits per heavy atom. The monoisotopic (exact) mass is 672 g/mol. The fraction of sp³-hybridized carbons (Fsp3) is 0.0909. The minimum Gasteiger partial charge on any atom is -0.480 e. The van der Waals surface area contributed by atoms with Gasteiger partial charge in [0, 0.05) is 21.6 Å². The van der Waals surface area contributed by atoms with Gasteiger partial charge in [0.15, 0.2) is 5.03 Å². The summed E-state index contributed by atoms with van der Waals surface area (Å²) in [5.41, 5.74) is 0.502. The lowest BCUT2D eigenvalue weighted by molar-refractivity contribution is -0.139. The van der Waals surface area contributed by atoms with Gasteiger partial charge in [0.2, 0.25) is 0 Å². The minimum atomic E-state index is -4.21. The molecule has 36 heavy (non-hydrogen) atoms. The number of aliphatic carboxylic acids is 1. The third-order valence-electron chi connectivity index (χ3n) is 5.00. The zero-order valence-electron chi connectivity index (χ0n) is 17.9. The second-order valence-corrected chi connectivity index (χ2v) is 12.1. The molecule has 0 spiro atoms. The average Bonchev–Trinajstić information content (AvgIpc) is 3.29. The molecule has 0 aliphatic carbocycles. The van der Waals surface area contributed by atoms with Crippen LogP contribution in [0, 0.1) is 0 Å². The number of fused-ring (bicyclic) bond motifs is 1. The van der Waals surface area contributed by atoms with E-state index in [-0.39, 0.29) is 22.7 Å². The molecular weight excluding hydrogens is 660 g/mol.